The molecule has 0 spiro atoms. The molecule has 0 amide bonds. The van der Waals surface area contributed by atoms with Crippen molar-refractivity contribution in [3.63, 3.8) is 0 Å². The van der Waals surface area contributed by atoms with Crippen molar-refractivity contribution in [3.05, 3.63) is 59.4 Å². The Morgan fingerprint density at radius 3 is 2.53 bits per heavy atom. The van der Waals surface area contributed by atoms with E-state index in [1.54, 1.807) is 0 Å². The topological polar surface area (TPSA) is 42.2 Å². The Kier molecular flexibility index (Phi) is 4.53. The van der Waals surface area contributed by atoms with Crippen LogP contribution in [0.3, 0.4) is 0 Å². The molecule has 0 unspecified atom stereocenters. The molecule has 0 radical (unpaired) electrons. The van der Waals surface area contributed by atoms with Crippen molar-refractivity contribution in [2.75, 3.05) is 18.5 Å². The van der Waals surface area contributed by atoms with Gasteiger partial charge in [-0.25, -0.2) is 0 Å². The molecule has 1 heterocycles. The molecule has 3 heteroatoms. The van der Waals surface area contributed by atoms with Crippen LogP contribution < -0.4 is 10.6 Å². The molecular weight excluding hydrogens is 234 g/mol. The molecule has 0 aliphatic heterocycles. The zero-order chi connectivity index (χ0) is 13.7. The largest absolute Gasteiger partial charge is 0.370 e. The lowest BCUT2D eigenvalue weighted by molar-refractivity contribution is 0.912. The standard InChI is InChI=1S/C16H21N3/c1-13-11-16(4-3-15(13)5-8-17)19(2)12-14-6-9-18-10-7-14/h3-4,6-7,9-11H,5,8,12,17H2,1-2H3. The highest BCUT2D eigenvalue weighted by Crippen LogP contribution is 2.20. The van der Waals surface area contributed by atoms with Crippen LogP contribution in [0.25, 0.3) is 0 Å². The van der Waals surface area contributed by atoms with Crippen molar-refractivity contribution in [3.8, 4) is 0 Å². The summed E-state index contributed by atoms with van der Waals surface area (Å²) in [6.45, 7) is 3.74. The number of aryl methyl sites for hydroxylation is 1. The van der Waals surface area contributed by atoms with E-state index in [9.17, 15) is 0 Å². The average Bonchev–Trinajstić information content (AvgIpc) is 2.42. The number of hydrogen-bond acceptors (Lipinski definition) is 3. The first-order valence-corrected chi connectivity index (χ1v) is 6.60. The first kappa shape index (κ1) is 13.6. The molecule has 0 saturated heterocycles. The maximum atomic E-state index is 5.61. The fraction of sp³-hybridized carbons (Fsp3) is 0.312. The number of rotatable bonds is 5. The van der Waals surface area contributed by atoms with Crippen molar-refractivity contribution in [1.82, 2.24) is 4.98 Å². The molecular formula is C16H21N3. The van der Waals surface area contributed by atoms with E-state index >= 15 is 0 Å². The maximum Gasteiger partial charge on any atom is 0.0427 e. The highest BCUT2D eigenvalue weighted by Gasteiger charge is 2.04. The predicted molar refractivity (Wildman–Crippen MR) is 80.3 cm³/mol. The van der Waals surface area contributed by atoms with Gasteiger partial charge in [0, 0.05) is 31.7 Å². The lowest BCUT2D eigenvalue weighted by Crippen LogP contribution is -2.16. The molecule has 2 aromatic rings. The van der Waals surface area contributed by atoms with Gasteiger partial charge in [-0.15, -0.1) is 0 Å². The average molecular weight is 255 g/mol. The molecule has 3 nitrogen and oxygen atoms in total. The molecule has 2 rings (SSSR count). The lowest BCUT2D eigenvalue weighted by atomic mass is 10.0. The number of aromatic nitrogens is 1. The molecule has 2 N–H and O–H groups in total. The zero-order valence-corrected chi connectivity index (χ0v) is 11.6. The Labute approximate surface area is 115 Å². The smallest absolute Gasteiger partial charge is 0.0427 e. The van der Waals surface area contributed by atoms with E-state index in [0.29, 0.717) is 6.54 Å². The second-order valence-corrected chi connectivity index (χ2v) is 4.86. The van der Waals surface area contributed by atoms with Crippen molar-refractivity contribution < 1.29 is 0 Å². The first-order valence-electron chi connectivity index (χ1n) is 6.60. The van der Waals surface area contributed by atoms with Crippen LogP contribution in [0.5, 0.6) is 0 Å². The number of anilines is 1. The number of nitrogens with zero attached hydrogens (tertiary/aromatic N) is 2. The Morgan fingerprint density at radius 1 is 1.16 bits per heavy atom. The molecule has 1 aromatic heterocycles. The van der Waals surface area contributed by atoms with E-state index < -0.39 is 0 Å². The zero-order valence-electron chi connectivity index (χ0n) is 11.6. The quantitative estimate of drug-likeness (QED) is 0.892. The molecule has 0 bridgehead atoms. The number of benzene rings is 1. The van der Waals surface area contributed by atoms with E-state index in [1.165, 1.54) is 22.4 Å². The highest BCUT2D eigenvalue weighted by molar-refractivity contribution is 5.50. The normalized spacial score (nSPS) is 10.5. The van der Waals surface area contributed by atoms with Gasteiger partial charge in [-0.3, -0.25) is 4.98 Å². The van der Waals surface area contributed by atoms with E-state index in [0.717, 1.165) is 13.0 Å². The fourth-order valence-corrected chi connectivity index (χ4v) is 2.21. The maximum absolute atomic E-state index is 5.61. The number of nitrogens with two attached hydrogens (primary N) is 1. The van der Waals surface area contributed by atoms with Crippen LogP contribution in [0.4, 0.5) is 5.69 Å². The van der Waals surface area contributed by atoms with Crippen molar-refractivity contribution >= 4 is 5.69 Å². The van der Waals surface area contributed by atoms with Gasteiger partial charge in [-0.1, -0.05) is 6.07 Å². The van der Waals surface area contributed by atoms with Gasteiger partial charge in [0.2, 0.25) is 0 Å². The molecule has 0 aliphatic rings. The van der Waals surface area contributed by atoms with Crippen LogP contribution in [0.15, 0.2) is 42.7 Å². The van der Waals surface area contributed by atoms with E-state index in [-0.39, 0.29) is 0 Å². The predicted octanol–water partition coefficient (Wildman–Crippen LogP) is 2.53. The van der Waals surface area contributed by atoms with Crippen LogP contribution in [0.2, 0.25) is 0 Å². The summed E-state index contributed by atoms with van der Waals surface area (Å²) in [5.74, 6) is 0. The van der Waals surface area contributed by atoms with Gasteiger partial charge in [-0.05, 0) is 60.8 Å². The third-order valence-corrected chi connectivity index (χ3v) is 3.35. The summed E-state index contributed by atoms with van der Waals surface area (Å²) < 4.78 is 0. The Hall–Kier alpha value is -1.87. The third-order valence-electron chi connectivity index (χ3n) is 3.35. The highest BCUT2D eigenvalue weighted by atomic mass is 15.1. The van der Waals surface area contributed by atoms with Gasteiger partial charge in [0.15, 0.2) is 0 Å². The van der Waals surface area contributed by atoms with E-state index in [2.05, 4.69) is 42.1 Å². The molecule has 0 aliphatic carbocycles. The van der Waals surface area contributed by atoms with Gasteiger partial charge in [0.25, 0.3) is 0 Å². The second kappa shape index (κ2) is 6.34. The van der Waals surface area contributed by atoms with Crippen LogP contribution in [0, 0.1) is 6.92 Å². The number of hydrogen-bond donors (Lipinski definition) is 1. The Balaban J connectivity index is 2.11. The van der Waals surface area contributed by atoms with Crippen LogP contribution in [-0.4, -0.2) is 18.6 Å². The summed E-state index contributed by atoms with van der Waals surface area (Å²) in [6.07, 6.45) is 4.61. The van der Waals surface area contributed by atoms with Crippen LogP contribution in [-0.2, 0) is 13.0 Å². The molecule has 19 heavy (non-hydrogen) atoms. The first-order chi connectivity index (χ1) is 9.20. The van der Waals surface area contributed by atoms with Crippen LogP contribution in [0.1, 0.15) is 16.7 Å². The minimum Gasteiger partial charge on any atom is -0.370 e. The second-order valence-electron chi connectivity index (χ2n) is 4.86. The van der Waals surface area contributed by atoms with Crippen molar-refractivity contribution in [2.24, 2.45) is 5.73 Å². The fourth-order valence-electron chi connectivity index (χ4n) is 2.21. The monoisotopic (exact) mass is 255 g/mol. The molecule has 100 valence electrons. The van der Waals surface area contributed by atoms with Crippen molar-refractivity contribution in [2.45, 2.75) is 19.9 Å². The Morgan fingerprint density at radius 2 is 1.89 bits per heavy atom. The molecule has 1 aromatic carbocycles. The SMILES string of the molecule is Cc1cc(N(C)Cc2ccncc2)ccc1CCN. The summed E-state index contributed by atoms with van der Waals surface area (Å²) in [4.78, 5) is 6.29. The third kappa shape index (κ3) is 3.55. The summed E-state index contributed by atoms with van der Waals surface area (Å²) in [5.41, 5.74) is 10.8. The summed E-state index contributed by atoms with van der Waals surface area (Å²) in [5, 5.41) is 0. The van der Waals surface area contributed by atoms with Crippen LogP contribution >= 0.6 is 0 Å². The van der Waals surface area contributed by atoms with Gasteiger partial charge in [0.05, 0.1) is 0 Å². The minimum atomic E-state index is 0.701. The molecule has 0 saturated carbocycles. The summed E-state index contributed by atoms with van der Waals surface area (Å²) in [6, 6.07) is 10.7. The summed E-state index contributed by atoms with van der Waals surface area (Å²) >= 11 is 0. The van der Waals surface area contributed by atoms with E-state index in [4.69, 9.17) is 5.73 Å². The lowest BCUT2D eigenvalue weighted by Gasteiger charge is -2.20. The van der Waals surface area contributed by atoms with Crippen molar-refractivity contribution in [1.29, 1.82) is 0 Å². The Bertz CT molecular complexity index is 523. The van der Waals surface area contributed by atoms with Gasteiger partial charge >= 0.3 is 0 Å². The minimum absolute atomic E-state index is 0.701. The summed E-state index contributed by atoms with van der Waals surface area (Å²) in [7, 11) is 2.11. The van der Waals surface area contributed by atoms with E-state index in [1.807, 2.05) is 24.5 Å². The van der Waals surface area contributed by atoms with Gasteiger partial charge < -0.3 is 10.6 Å². The van der Waals surface area contributed by atoms with Gasteiger partial charge in [0.1, 0.15) is 0 Å². The van der Waals surface area contributed by atoms with Gasteiger partial charge in [-0.2, -0.15) is 0 Å². The molecule has 0 atom stereocenters. The molecule has 0 fully saturated rings. The number of pyridine rings is 1.